The number of aryl methyl sites for hydroxylation is 1. The van der Waals surface area contributed by atoms with Gasteiger partial charge < -0.3 is 15.0 Å². The molecule has 0 unspecified atom stereocenters. The van der Waals surface area contributed by atoms with Crippen LogP contribution >= 0.6 is 0 Å². The Kier molecular flexibility index (Phi) is 6.04. The van der Waals surface area contributed by atoms with Crippen LogP contribution in [0.1, 0.15) is 19.2 Å². The number of anilines is 1. The molecule has 0 aliphatic heterocycles. The quantitative estimate of drug-likeness (QED) is 0.786. The summed E-state index contributed by atoms with van der Waals surface area (Å²) in [6.07, 6.45) is 1.49. The molecule has 0 atom stereocenters. The monoisotopic (exact) mass is 318 g/mol. The summed E-state index contributed by atoms with van der Waals surface area (Å²) in [5, 5.41) is 14.6. The number of nitrogens with zero attached hydrogens (tertiary/aromatic N) is 5. The largest absolute Gasteiger partial charge is 0.385 e. The predicted molar refractivity (Wildman–Crippen MR) is 86.7 cm³/mol. The van der Waals surface area contributed by atoms with Crippen LogP contribution in [0.15, 0.2) is 24.3 Å². The van der Waals surface area contributed by atoms with Gasteiger partial charge in [-0.3, -0.25) is 0 Å². The number of benzene rings is 1. The third-order valence-corrected chi connectivity index (χ3v) is 3.41. The fourth-order valence-corrected chi connectivity index (χ4v) is 2.14. The molecule has 0 spiro atoms. The molecular formula is C15H22N6O2. The van der Waals surface area contributed by atoms with E-state index in [1.165, 1.54) is 0 Å². The standard InChI is InChI=1S/C15H22N6O2/c1-4-14-17-18-19-21(14)13-9-6-5-8-12(13)16-15(22)20(2)10-7-11-23-3/h5-6,8-9H,4,7,10-11H2,1-3H3,(H,16,22). The zero-order valence-corrected chi connectivity index (χ0v) is 13.7. The van der Waals surface area contributed by atoms with Crippen molar-refractivity contribution in [1.82, 2.24) is 25.1 Å². The van der Waals surface area contributed by atoms with E-state index < -0.39 is 0 Å². The molecule has 0 saturated heterocycles. The van der Waals surface area contributed by atoms with Crippen LogP contribution in [0.2, 0.25) is 0 Å². The molecule has 8 nitrogen and oxygen atoms in total. The van der Waals surface area contributed by atoms with Crippen molar-refractivity contribution in [3.05, 3.63) is 30.1 Å². The Labute approximate surface area is 135 Å². The number of tetrazole rings is 1. The van der Waals surface area contributed by atoms with E-state index in [0.29, 0.717) is 25.3 Å². The van der Waals surface area contributed by atoms with Crippen LogP contribution in [0.3, 0.4) is 0 Å². The Bertz CT molecular complexity index is 642. The topological polar surface area (TPSA) is 85.2 Å². The molecule has 1 N–H and O–H groups in total. The minimum Gasteiger partial charge on any atom is -0.385 e. The first-order chi connectivity index (χ1) is 11.2. The fraction of sp³-hybridized carbons (Fsp3) is 0.467. The van der Waals surface area contributed by atoms with Gasteiger partial charge in [0.1, 0.15) is 0 Å². The lowest BCUT2D eigenvalue weighted by Crippen LogP contribution is -2.33. The number of aromatic nitrogens is 4. The Hall–Kier alpha value is -2.48. The van der Waals surface area contributed by atoms with E-state index in [0.717, 1.165) is 17.9 Å². The van der Waals surface area contributed by atoms with Crippen LogP contribution in [0.4, 0.5) is 10.5 Å². The average Bonchev–Trinajstić information content (AvgIpc) is 3.04. The average molecular weight is 318 g/mol. The molecule has 0 radical (unpaired) electrons. The highest BCUT2D eigenvalue weighted by Crippen LogP contribution is 2.20. The van der Waals surface area contributed by atoms with E-state index in [2.05, 4.69) is 20.8 Å². The number of hydrogen-bond acceptors (Lipinski definition) is 5. The summed E-state index contributed by atoms with van der Waals surface area (Å²) < 4.78 is 6.64. The van der Waals surface area contributed by atoms with Crippen molar-refractivity contribution in [2.24, 2.45) is 0 Å². The summed E-state index contributed by atoms with van der Waals surface area (Å²) in [6.45, 7) is 3.22. The van der Waals surface area contributed by atoms with Crippen LogP contribution in [0, 0.1) is 0 Å². The summed E-state index contributed by atoms with van der Waals surface area (Å²) in [7, 11) is 3.40. The molecule has 0 fully saturated rings. The highest BCUT2D eigenvalue weighted by atomic mass is 16.5. The number of para-hydroxylation sites is 2. The molecule has 1 heterocycles. The maximum atomic E-state index is 12.3. The number of amides is 2. The molecule has 0 aliphatic carbocycles. The normalized spacial score (nSPS) is 10.6. The zero-order valence-electron chi connectivity index (χ0n) is 13.7. The van der Waals surface area contributed by atoms with E-state index in [9.17, 15) is 4.79 Å². The molecule has 1 aromatic heterocycles. The van der Waals surface area contributed by atoms with Gasteiger partial charge >= 0.3 is 6.03 Å². The van der Waals surface area contributed by atoms with Crippen molar-refractivity contribution in [3.8, 4) is 5.69 Å². The maximum Gasteiger partial charge on any atom is 0.321 e. The molecule has 2 rings (SSSR count). The Morgan fingerprint density at radius 3 is 2.91 bits per heavy atom. The number of urea groups is 1. The molecule has 0 bridgehead atoms. The molecular weight excluding hydrogens is 296 g/mol. The van der Waals surface area contributed by atoms with Crippen molar-refractivity contribution < 1.29 is 9.53 Å². The van der Waals surface area contributed by atoms with Gasteiger partial charge in [-0.15, -0.1) is 5.10 Å². The molecule has 2 aromatic rings. The molecule has 8 heteroatoms. The van der Waals surface area contributed by atoms with Crippen molar-refractivity contribution in [1.29, 1.82) is 0 Å². The van der Waals surface area contributed by atoms with Crippen LogP contribution < -0.4 is 5.32 Å². The highest BCUT2D eigenvalue weighted by molar-refractivity contribution is 5.91. The lowest BCUT2D eigenvalue weighted by Gasteiger charge is -2.19. The summed E-state index contributed by atoms with van der Waals surface area (Å²) in [5.74, 6) is 0.736. The Morgan fingerprint density at radius 1 is 1.39 bits per heavy atom. The molecule has 2 amide bonds. The number of carbonyl (C=O) groups excluding carboxylic acids is 1. The Morgan fingerprint density at radius 2 is 2.17 bits per heavy atom. The van der Waals surface area contributed by atoms with E-state index in [4.69, 9.17) is 4.74 Å². The minimum atomic E-state index is -0.181. The smallest absolute Gasteiger partial charge is 0.321 e. The van der Waals surface area contributed by atoms with E-state index in [-0.39, 0.29) is 6.03 Å². The molecule has 0 aliphatic rings. The number of rotatable bonds is 7. The third-order valence-electron chi connectivity index (χ3n) is 3.41. The summed E-state index contributed by atoms with van der Waals surface area (Å²) in [4.78, 5) is 13.9. The predicted octanol–water partition coefficient (Wildman–Crippen LogP) is 1.72. The fourth-order valence-electron chi connectivity index (χ4n) is 2.14. The van der Waals surface area contributed by atoms with Crippen LogP contribution in [0.5, 0.6) is 0 Å². The SMILES string of the molecule is CCc1nnnn1-c1ccccc1NC(=O)N(C)CCCOC. The van der Waals surface area contributed by atoms with Crippen molar-refractivity contribution >= 4 is 11.7 Å². The van der Waals surface area contributed by atoms with Gasteiger partial charge in [0.05, 0.1) is 11.4 Å². The summed E-state index contributed by atoms with van der Waals surface area (Å²) in [6, 6.07) is 7.27. The van der Waals surface area contributed by atoms with Gasteiger partial charge in [-0.05, 0) is 29.0 Å². The number of hydrogen-bond donors (Lipinski definition) is 1. The van der Waals surface area contributed by atoms with E-state index in [1.54, 1.807) is 23.7 Å². The minimum absolute atomic E-state index is 0.181. The number of nitrogens with one attached hydrogen (secondary N) is 1. The first kappa shape index (κ1) is 16.9. The summed E-state index contributed by atoms with van der Waals surface area (Å²) in [5.41, 5.74) is 1.41. The van der Waals surface area contributed by atoms with Gasteiger partial charge in [0.2, 0.25) is 0 Å². The lowest BCUT2D eigenvalue weighted by molar-refractivity contribution is 0.179. The van der Waals surface area contributed by atoms with Gasteiger partial charge in [-0.1, -0.05) is 19.1 Å². The number of carbonyl (C=O) groups is 1. The van der Waals surface area contributed by atoms with Crippen LogP contribution in [-0.2, 0) is 11.2 Å². The van der Waals surface area contributed by atoms with E-state index in [1.807, 2.05) is 31.2 Å². The molecule has 124 valence electrons. The first-order valence-electron chi connectivity index (χ1n) is 7.55. The van der Waals surface area contributed by atoms with Gasteiger partial charge in [-0.2, -0.15) is 4.68 Å². The van der Waals surface area contributed by atoms with Gasteiger partial charge in [0, 0.05) is 33.7 Å². The van der Waals surface area contributed by atoms with Crippen LogP contribution in [-0.4, -0.2) is 58.4 Å². The van der Waals surface area contributed by atoms with Crippen LogP contribution in [0.25, 0.3) is 5.69 Å². The van der Waals surface area contributed by atoms with Gasteiger partial charge in [0.25, 0.3) is 0 Å². The maximum absolute atomic E-state index is 12.3. The molecule has 23 heavy (non-hydrogen) atoms. The Balaban J connectivity index is 2.13. The van der Waals surface area contributed by atoms with Gasteiger partial charge in [0.15, 0.2) is 5.82 Å². The second-order valence-corrected chi connectivity index (χ2v) is 5.08. The number of ether oxygens (including phenoxy) is 1. The number of methoxy groups -OCH3 is 1. The third kappa shape index (κ3) is 4.26. The van der Waals surface area contributed by atoms with Crippen molar-refractivity contribution in [2.75, 3.05) is 32.6 Å². The van der Waals surface area contributed by atoms with E-state index >= 15 is 0 Å². The zero-order chi connectivity index (χ0) is 16.7. The van der Waals surface area contributed by atoms with Crippen molar-refractivity contribution in [3.63, 3.8) is 0 Å². The molecule has 0 saturated carbocycles. The second-order valence-electron chi connectivity index (χ2n) is 5.08. The lowest BCUT2D eigenvalue weighted by atomic mass is 10.2. The second kappa shape index (κ2) is 8.23. The molecule has 1 aromatic carbocycles. The first-order valence-corrected chi connectivity index (χ1v) is 7.55. The highest BCUT2D eigenvalue weighted by Gasteiger charge is 2.14. The van der Waals surface area contributed by atoms with Crippen molar-refractivity contribution in [2.45, 2.75) is 19.8 Å². The summed E-state index contributed by atoms with van der Waals surface area (Å²) >= 11 is 0. The van der Waals surface area contributed by atoms with Gasteiger partial charge in [-0.25, -0.2) is 4.79 Å².